The number of benzene rings is 11. The zero-order chi connectivity index (χ0) is 57.1. The van der Waals surface area contributed by atoms with Crippen molar-refractivity contribution in [3.63, 3.8) is 0 Å². The lowest BCUT2D eigenvalue weighted by molar-refractivity contribution is 0.444. The number of rotatable bonds is 9. The van der Waals surface area contributed by atoms with Crippen LogP contribution in [0.3, 0.4) is 0 Å². The molecule has 0 bridgehead atoms. The van der Waals surface area contributed by atoms with Crippen LogP contribution in [0.25, 0.3) is 133 Å². The lowest BCUT2D eigenvalue weighted by Crippen LogP contribution is -2.59. The van der Waals surface area contributed by atoms with Crippen molar-refractivity contribution >= 4 is 66.7 Å². The van der Waals surface area contributed by atoms with Gasteiger partial charge in [0.25, 0.3) is 6.71 Å². The zero-order valence-electron chi connectivity index (χ0n) is 48.8. The van der Waals surface area contributed by atoms with E-state index in [1.54, 1.807) is 0 Å². The molecule has 3 aromatic heterocycles. The molecule has 2 saturated carbocycles. The van der Waals surface area contributed by atoms with E-state index < -0.39 is 0 Å². The molecule has 2 fully saturated rings. The maximum atomic E-state index is 5.66. The summed E-state index contributed by atoms with van der Waals surface area (Å²) in [7, 11) is 0. The van der Waals surface area contributed by atoms with Gasteiger partial charge >= 0.3 is 0 Å². The Hall–Kier alpha value is -9.84. The first-order valence-electron chi connectivity index (χ1n) is 31.9. The molecule has 5 heterocycles. The lowest BCUT2D eigenvalue weighted by atomic mass is 9.34. The van der Waals surface area contributed by atoms with Gasteiger partial charge in [-0.15, -0.1) is 0 Å². The van der Waals surface area contributed by atoms with Gasteiger partial charge in [-0.3, -0.25) is 0 Å². The maximum absolute atomic E-state index is 5.66. The van der Waals surface area contributed by atoms with Crippen LogP contribution in [-0.2, 0) is 0 Å². The molecule has 0 amide bonds. The molecule has 0 N–H and O–H groups in total. The summed E-state index contributed by atoms with van der Waals surface area (Å²) in [6.45, 7) is -0.0613. The summed E-state index contributed by atoms with van der Waals surface area (Å²) >= 11 is 0. The molecule has 0 radical (unpaired) electrons. The summed E-state index contributed by atoms with van der Waals surface area (Å²) in [5, 5.41) is 5.31. The Labute approximate surface area is 508 Å². The fourth-order valence-corrected chi connectivity index (χ4v) is 16.2. The fourth-order valence-electron chi connectivity index (χ4n) is 16.2. The van der Waals surface area contributed by atoms with Crippen LogP contribution >= 0.6 is 0 Å². The van der Waals surface area contributed by atoms with Crippen molar-refractivity contribution in [3.8, 4) is 89.8 Å². The highest BCUT2D eigenvalue weighted by Crippen LogP contribution is 2.49. The molecule has 11 aromatic carbocycles. The van der Waals surface area contributed by atoms with Crippen molar-refractivity contribution in [2.24, 2.45) is 0 Å². The Morgan fingerprint density at radius 2 is 0.690 bits per heavy atom. The van der Waals surface area contributed by atoms with Gasteiger partial charge in [-0.25, -0.2) is 9.97 Å². The standard InChI is InChI=1S/C82H63BN4/c1-9-25-52(26-10-1)60-43-67-77-65(56-33-17-5-18-34-56)41-62(54-29-13-3-14-30-54)47-73(77)86-75-49-64(82-84-71(58-37-21-7-22-38-58)51-72(85-82)59-39-23-8-24-40-59)50-76-79(75)83(69(45-60)80(67)86)70-46-61(53-27-11-2-12-28-53)44-68-78-66(57-35-19-6-20-36-57)42-63(55-31-15-4-16-32-55)48-74(78)87(76)81(68)70/h3-8,13-24,29-53H,1-2,9-12,25-28H2. The first-order valence-corrected chi connectivity index (χ1v) is 31.9. The van der Waals surface area contributed by atoms with Crippen molar-refractivity contribution in [1.29, 1.82) is 0 Å². The third kappa shape index (κ3) is 8.19. The normalized spacial score (nSPS) is 14.8. The Morgan fingerprint density at radius 3 is 1.08 bits per heavy atom. The monoisotopic (exact) mass is 1110 g/mol. The highest BCUT2D eigenvalue weighted by Gasteiger charge is 2.43. The van der Waals surface area contributed by atoms with Gasteiger partial charge in [0, 0.05) is 60.6 Å². The van der Waals surface area contributed by atoms with Crippen molar-refractivity contribution < 1.29 is 0 Å². The van der Waals surface area contributed by atoms with Gasteiger partial charge < -0.3 is 9.13 Å². The van der Waals surface area contributed by atoms with Crippen molar-refractivity contribution in [1.82, 2.24) is 19.1 Å². The molecule has 14 aromatic rings. The van der Waals surface area contributed by atoms with Crippen LogP contribution < -0.4 is 16.4 Å². The van der Waals surface area contributed by atoms with Crippen LogP contribution in [0.1, 0.15) is 87.2 Å². The largest absolute Gasteiger partial charge is 0.310 e. The van der Waals surface area contributed by atoms with Crippen LogP contribution in [0.5, 0.6) is 0 Å². The second-order valence-corrected chi connectivity index (χ2v) is 25.2. The molecular formula is C82H63BN4. The average Bonchev–Trinajstić information content (AvgIpc) is 1.59. The van der Waals surface area contributed by atoms with Crippen molar-refractivity contribution in [3.05, 3.63) is 260 Å². The third-order valence-electron chi connectivity index (χ3n) is 20.2. The van der Waals surface area contributed by atoms with Crippen molar-refractivity contribution in [2.75, 3.05) is 0 Å². The Bertz CT molecular complexity index is 4710. The predicted octanol–water partition coefficient (Wildman–Crippen LogP) is 19.6. The molecule has 0 atom stereocenters. The SMILES string of the molecule is c1ccc(-c2cc(-c3ccccc3)c3c4cc(C5CCCCC5)cc5c4n(c3c2)-c2cc(-c3nc(-c4ccccc4)cc(-c4ccccc4)n3)cc3c2B5c2cc(C4CCCCC4)cc4c5c(-c6ccccc6)cc(-c6ccccc6)cc5n-3c24)cc1. The quantitative estimate of drug-likeness (QED) is 0.135. The van der Waals surface area contributed by atoms with E-state index in [2.05, 4.69) is 258 Å². The summed E-state index contributed by atoms with van der Waals surface area (Å²) < 4.78 is 5.43. The molecule has 414 valence electrons. The van der Waals surface area contributed by atoms with E-state index >= 15 is 0 Å². The topological polar surface area (TPSA) is 35.6 Å². The highest BCUT2D eigenvalue weighted by atomic mass is 15.0. The Balaban J connectivity index is 1.04. The Kier molecular flexibility index (Phi) is 11.8. The lowest BCUT2D eigenvalue weighted by Gasteiger charge is -2.35. The van der Waals surface area contributed by atoms with E-state index in [4.69, 9.17) is 9.97 Å². The van der Waals surface area contributed by atoms with E-state index in [1.807, 2.05) is 0 Å². The van der Waals surface area contributed by atoms with Crippen LogP contribution in [0.4, 0.5) is 0 Å². The molecule has 2 aliphatic carbocycles. The molecule has 5 heteroatoms. The molecule has 0 spiro atoms. The summed E-state index contributed by atoms with van der Waals surface area (Å²) in [4.78, 5) is 11.3. The second kappa shape index (κ2) is 20.4. The molecule has 4 aliphatic rings. The first-order chi connectivity index (χ1) is 43.1. The van der Waals surface area contributed by atoms with Crippen molar-refractivity contribution in [2.45, 2.75) is 76.0 Å². The van der Waals surface area contributed by atoms with Gasteiger partial charge in [0.05, 0.1) is 22.4 Å². The van der Waals surface area contributed by atoms with Crippen LogP contribution in [0, 0.1) is 0 Å². The maximum Gasteiger partial charge on any atom is 0.252 e. The van der Waals surface area contributed by atoms with E-state index in [0.717, 1.165) is 28.1 Å². The van der Waals surface area contributed by atoms with E-state index in [0.29, 0.717) is 17.7 Å². The predicted molar refractivity (Wildman–Crippen MR) is 365 cm³/mol. The number of fused-ring (bicyclic) bond motifs is 10. The molecule has 0 unspecified atom stereocenters. The summed E-state index contributed by atoms with van der Waals surface area (Å²) in [5.74, 6) is 1.69. The van der Waals surface area contributed by atoms with E-state index in [9.17, 15) is 0 Å². The van der Waals surface area contributed by atoms with Gasteiger partial charge in [-0.2, -0.15) is 0 Å². The highest BCUT2D eigenvalue weighted by molar-refractivity contribution is 7.00. The molecule has 18 rings (SSSR count). The van der Waals surface area contributed by atoms with E-state index in [-0.39, 0.29) is 6.71 Å². The van der Waals surface area contributed by atoms with E-state index in [1.165, 1.54) is 191 Å². The van der Waals surface area contributed by atoms with Gasteiger partial charge in [0.2, 0.25) is 0 Å². The summed E-state index contributed by atoms with van der Waals surface area (Å²) in [6.07, 6.45) is 12.6. The van der Waals surface area contributed by atoms with Crippen LogP contribution in [0.15, 0.2) is 249 Å². The smallest absolute Gasteiger partial charge is 0.252 e. The fraction of sp³-hybridized carbons (Fsp3) is 0.146. The second-order valence-electron chi connectivity index (χ2n) is 25.2. The minimum atomic E-state index is -0.0613. The molecule has 0 saturated heterocycles. The van der Waals surface area contributed by atoms with Gasteiger partial charge in [0.1, 0.15) is 0 Å². The third-order valence-corrected chi connectivity index (χ3v) is 20.2. The Morgan fingerprint density at radius 1 is 0.322 bits per heavy atom. The summed E-state index contributed by atoms with van der Waals surface area (Å²) in [6, 6.07) is 93.7. The number of hydrogen-bond acceptors (Lipinski definition) is 2. The van der Waals surface area contributed by atoms with Crippen LogP contribution in [-0.4, -0.2) is 25.8 Å². The summed E-state index contributed by atoms with van der Waals surface area (Å²) in [5.41, 5.74) is 29.3. The average molecular weight is 1120 g/mol. The van der Waals surface area contributed by atoms with Gasteiger partial charge in [-0.05, 0) is 164 Å². The molecule has 4 nitrogen and oxygen atoms in total. The van der Waals surface area contributed by atoms with Crippen LogP contribution in [0.2, 0.25) is 0 Å². The molecule has 87 heavy (non-hydrogen) atoms. The number of hydrogen-bond donors (Lipinski definition) is 0. The van der Waals surface area contributed by atoms with Gasteiger partial charge in [0.15, 0.2) is 5.82 Å². The molecule has 2 aliphatic heterocycles. The van der Waals surface area contributed by atoms with Gasteiger partial charge in [-0.1, -0.05) is 233 Å². The first kappa shape index (κ1) is 50.5. The molecular weight excluding hydrogens is 1050 g/mol. The zero-order valence-corrected chi connectivity index (χ0v) is 48.8. The minimum Gasteiger partial charge on any atom is -0.310 e. The minimum absolute atomic E-state index is 0.0613. The number of nitrogens with zero attached hydrogens (tertiary/aromatic N) is 4. The number of aromatic nitrogens is 4.